The van der Waals surface area contributed by atoms with Crippen LogP contribution in [0.15, 0.2) is 0 Å². The average Bonchev–Trinajstić information content (AvgIpc) is 2.31. The number of carboxylic acids is 1. The molecule has 0 heterocycles. The second-order valence-electron chi connectivity index (χ2n) is 6.83. The molecule has 0 aromatic carbocycles. The zero-order valence-corrected chi connectivity index (χ0v) is 14.1. The molecule has 0 saturated heterocycles. The van der Waals surface area contributed by atoms with Crippen molar-refractivity contribution in [3.63, 3.8) is 0 Å². The number of carboxylic acid groups (broad SMARTS) is 1. The SMILES string of the molecule is CC(C)OCCN(C)C(=O)NCC(CC(C)(C)C)C(=O)O. The van der Waals surface area contributed by atoms with E-state index in [1.807, 2.05) is 34.6 Å². The second-order valence-corrected chi connectivity index (χ2v) is 6.83. The zero-order valence-electron chi connectivity index (χ0n) is 14.1. The molecule has 0 aromatic heterocycles. The van der Waals surface area contributed by atoms with Crippen LogP contribution in [0, 0.1) is 11.3 Å². The maximum atomic E-state index is 11.9. The molecule has 0 radical (unpaired) electrons. The highest BCUT2D eigenvalue weighted by molar-refractivity contribution is 5.75. The number of nitrogens with one attached hydrogen (secondary N) is 1. The highest BCUT2D eigenvalue weighted by Crippen LogP contribution is 2.24. The molecule has 0 aliphatic carbocycles. The fraction of sp³-hybridized carbons (Fsp3) is 0.867. The van der Waals surface area contributed by atoms with E-state index in [0.717, 1.165) is 0 Å². The normalized spacial score (nSPS) is 13.1. The lowest BCUT2D eigenvalue weighted by molar-refractivity contribution is -0.142. The van der Waals surface area contributed by atoms with Gasteiger partial charge in [-0.05, 0) is 25.7 Å². The molecule has 124 valence electrons. The van der Waals surface area contributed by atoms with Gasteiger partial charge >= 0.3 is 12.0 Å². The summed E-state index contributed by atoms with van der Waals surface area (Å²) in [5.74, 6) is -1.45. The van der Waals surface area contributed by atoms with Gasteiger partial charge in [0.1, 0.15) is 0 Å². The Morgan fingerprint density at radius 3 is 2.29 bits per heavy atom. The number of likely N-dealkylation sites (N-methyl/N-ethyl adjacent to an activating group) is 1. The van der Waals surface area contributed by atoms with Crippen LogP contribution in [0.2, 0.25) is 0 Å². The molecule has 0 spiro atoms. The summed E-state index contributed by atoms with van der Waals surface area (Å²) >= 11 is 0. The number of carbonyl (C=O) groups is 2. The van der Waals surface area contributed by atoms with Gasteiger partial charge < -0.3 is 20.1 Å². The molecule has 1 unspecified atom stereocenters. The summed E-state index contributed by atoms with van der Waals surface area (Å²) in [7, 11) is 1.67. The Hall–Kier alpha value is -1.30. The number of urea groups is 1. The van der Waals surface area contributed by atoms with Crippen LogP contribution in [0.5, 0.6) is 0 Å². The molecule has 2 N–H and O–H groups in total. The minimum absolute atomic E-state index is 0.0925. The van der Waals surface area contributed by atoms with E-state index in [9.17, 15) is 14.7 Å². The molecule has 0 fully saturated rings. The van der Waals surface area contributed by atoms with Gasteiger partial charge in [-0.1, -0.05) is 20.8 Å². The number of rotatable bonds is 8. The smallest absolute Gasteiger partial charge is 0.317 e. The summed E-state index contributed by atoms with van der Waals surface area (Å²) in [5.41, 5.74) is -0.0925. The molecule has 0 rings (SSSR count). The fourth-order valence-corrected chi connectivity index (χ4v) is 1.86. The van der Waals surface area contributed by atoms with Crippen molar-refractivity contribution in [1.29, 1.82) is 0 Å². The van der Waals surface area contributed by atoms with Crippen LogP contribution in [-0.4, -0.2) is 54.9 Å². The Balaban J connectivity index is 4.21. The van der Waals surface area contributed by atoms with Crippen LogP contribution in [0.4, 0.5) is 4.79 Å². The van der Waals surface area contributed by atoms with Crippen molar-refractivity contribution < 1.29 is 19.4 Å². The molecule has 0 aliphatic heterocycles. The monoisotopic (exact) mass is 302 g/mol. The Bertz CT molecular complexity index is 337. The van der Waals surface area contributed by atoms with Crippen molar-refractivity contribution in [2.75, 3.05) is 26.7 Å². The van der Waals surface area contributed by atoms with E-state index < -0.39 is 11.9 Å². The fourth-order valence-electron chi connectivity index (χ4n) is 1.86. The molecule has 6 nitrogen and oxygen atoms in total. The minimum atomic E-state index is -0.879. The Kier molecular flexibility index (Phi) is 8.32. The quantitative estimate of drug-likeness (QED) is 0.720. The van der Waals surface area contributed by atoms with E-state index in [1.54, 1.807) is 7.05 Å². The molecule has 21 heavy (non-hydrogen) atoms. The van der Waals surface area contributed by atoms with Gasteiger partial charge in [-0.3, -0.25) is 4.79 Å². The third-order valence-electron chi connectivity index (χ3n) is 2.93. The van der Waals surface area contributed by atoms with E-state index in [0.29, 0.717) is 19.6 Å². The van der Waals surface area contributed by atoms with Crippen molar-refractivity contribution in [3.05, 3.63) is 0 Å². The van der Waals surface area contributed by atoms with Crippen molar-refractivity contribution >= 4 is 12.0 Å². The number of ether oxygens (including phenoxy) is 1. The highest BCUT2D eigenvalue weighted by atomic mass is 16.5. The summed E-state index contributed by atoms with van der Waals surface area (Å²) in [4.78, 5) is 24.6. The third-order valence-corrected chi connectivity index (χ3v) is 2.93. The molecule has 0 saturated carbocycles. The molecular weight excluding hydrogens is 272 g/mol. The number of amides is 2. The molecule has 1 atom stereocenters. The van der Waals surface area contributed by atoms with Gasteiger partial charge in [0.05, 0.1) is 18.6 Å². The van der Waals surface area contributed by atoms with Gasteiger partial charge in [-0.25, -0.2) is 4.79 Å². The summed E-state index contributed by atoms with van der Waals surface area (Å²) < 4.78 is 5.38. The first-order valence-corrected chi connectivity index (χ1v) is 7.36. The first-order chi connectivity index (χ1) is 9.53. The van der Waals surface area contributed by atoms with Crippen molar-refractivity contribution in [3.8, 4) is 0 Å². The lowest BCUT2D eigenvalue weighted by atomic mass is 9.84. The lowest BCUT2D eigenvalue weighted by Crippen LogP contribution is -2.43. The van der Waals surface area contributed by atoms with Crippen LogP contribution in [0.3, 0.4) is 0 Å². The highest BCUT2D eigenvalue weighted by Gasteiger charge is 2.25. The van der Waals surface area contributed by atoms with E-state index >= 15 is 0 Å². The number of hydrogen-bond acceptors (Lipinski definition) is 3. The van der Waals surface area contributed by atoms with Crippen molar-refractivity contribution in [1.82, 2.24) is 10.2 Å². The minimum Gasteiger partial charge on any atom is -0.481 e. The first-order valence-electron chi connectivity index (χ1n) is 7.36. The summed E-state index contributed by atoms with van der Waals surface area (Å²) in [5, 5.41) is 11.9. The predicted octanol–water partition coefficient (Wildman–Crippen LogP) is 2.19. The standard InChI is InChI=1S/C15H30N2O4/c1-11(2)21-8-7-17(6)14(20)16-10-12(13(18)19)9-15(3,4)5/h11-12H,7-10H2,1-6H3,(H,16,20)(H,18,19). The molecule has 0 aliphatic rings. The maximum absolute atomic E-state index is 11.9. The first kappa shape index (κ1) is 19.7. The van der Waals surface area contributed by atoms with Gasteiger partial charge in [-0.15, -0.1) is 0 Å². The van der Waals surface area contributed by atoms with Crippen LogP contribution >= 0.6 is 0 Å². The van der Waals surface area contributed by atoms with Crippen LogP contribution in [-0.2, 0) is 9.53 Å². The van der Waals surface area contributed by atoms with E-state index in [2.05, 4.69) is 5.32 Å². The number of hydrogen-bond donors (Lipinski definition) is 2. The molecule has 6 heteroatoms. The lowest BCUT2D eigenvalue weighted by Gasteiger charge is -2.25. The Labute approximate surface area is 127 Å². The largest absolute Gasteiger partial charge is 0.481 e. The topological polar surface area (TPSA) is 78.9 Å². The van der Waals surface area contributed by atoms with Gasteiger partial charge in [-0.2, -0.15) is 0 Å². The van der Waals surface area contributed by atoms with E-state index in [4.69, 9.17) is 4.74 Å². The van der Waals surface area contributed by atoms with Crippen molar-refractivity contribution in [2.24, 2.45) is 11.3 Å². The summed E-state index contributed by atoms with van der Waals surface area (Å²) in [6.07, 6.45) is 0.646. The Morgan fingerprint density at radius 1 is 1.29 bits per heavy atom. The van der Waals surface area contributed by atoms with Crippen molar-refractivity contribution in [2.45, 2.75) is 47.1 Å². The van der Waals surface area contributed by atoms with Crippen LogP contribution in [0.1, 0.15) is 41.0 Å². The van der Waals surface area contributed by atoms with Gasteiger partial charge in [0.2, 0.25) is 0 Å². The van der Waals surface area contributed by atoms with E-state index in [1.165, 1.54) is 4.90 Å². The Morgan fingerprint density at radius 2 is 1.86 bits per heavy atom. The van der Waals surface area contributed by atoms with Gasteiger partial charge in [0, 0.05) is 20.1 Å². The average molecular weight is 302 g/mol. The van der Waals surface area contributed by atoms with E-state index in [-0.39, 0.29) is 24.1 Å². The van der Waals surface area contributed by atoms with Gasteiger partial charge in [0.25, 0.3) is 0 Å². The summed E-state index contributed by atoms with van der Waals surface area (Å²) in [6.45, 7) is 10.9. The van der Waals surface area contributed by atoms with Gasteiger partial charge in [0.15, 0.2) is 0 Å². The molecule has 0 bridgehead atoms. The second kappa shape index (κ2) is 8.87. The summed E-state index contributed by atoms with van der Waals surface area (Å²) in [6, 6.07) is -0.275. The number of nitrogens with zero attached hydrogens (tertiary/aromatic N) is 1. The zero-order chi connectivity index (χ0) is 16.6. The predicted molar refractivity (Wildman–Crippen MR) is 82.3 cm³/mol. The molecular formula is C15H30N2O4. The molecule has 0 aromatic rings. The van der Waals surface area contributed by atoms with Crippen LogP contribution < -0.4 is 5.32 Å². The molecule has 2 amide bonds. The number of aliphatic carboxylic acids is 1. The maximum Gasteiger partial charge on any atom is 0.317 e. The third kappa shape index (κ3) is 10.1. The van der Waals surface area contributed by atoms with Crippen LogP contribution in [0.25, 0.3) is 0 Å². The number of carbonyl (C=O) groups excluding carboxylic acids is 1.